The fourth-order valence-electron chi connectivity index (χ4n) is 7.03. The molecule has 1 atom stereocenters. The first-order chi connectivity index (χ1) is 31.1. The number of benzene rings is 5. The molecule has 1 saturated heterocycles. The number of carbonyl (C=O) groups excluding carboxylic acids is 3. The molecular weight excluding hydrogens is 907 g/mol. The van der Waals surface area contributed by atoms with Crippen LogP contribution >= 0.6 is 47.0 Å². The van der Waals surface area contributed by atoms with Crippen LogP contribution in [0.3, 0.4) is 0 Å². The quantitative estimate of drug-likeness (QED) is 0.0305. The fourth-order valence-corrected chi connectivity index (χ4v) is 13.5. The van der Waals surface area contributed by atoms with Gasteiger partial charge in [-0.3, -0.25) is 9.59 Å². The largest absolute Gasteiger partial charge is 0.461 e. The van der Waals surface area contributed by atoms with Crippen LogP contribution in [-0.2, 0) is 42.3 Å². The van der Waals surface area contributed by atoms with Crippen LogP contribution in [0, 0.1) is 17.2 Å². The molecule has 0 bridgehead atoms. The highest BCUT2D eigenvalue weighted by Gasteiger charge is 2.47. The molecule has 3 heterocycles. The van der Waals surface area contributed by atoms with E-state index in [9.17, 15) is 28.1 Å². The molecule has 0 saturated carbocycles. The number of fused-ring (bicyclic) bond motifs is 2. The number of thioether (sulfide) groups is 4. The van der Waals surface area contributed by atoms with Crippen LogP contribution < -0.4 is 8.92 Å². The molecule has 0 aromatic heterocycles. The minimum Gasteiger partial charge on any atom is -0.461 e. The smallest absolute Gasteiger partial charge is 0.350 e. The zero-order valence-corrected chi connectivity index (χ0v) is 38.8. The first kappa shape index (κ1) is 45.0. The third-order valence-electron chi connectivity index (χ3n) is 10.5. The summed E-state index contributed by atoms with van der Waals surface area (Å²) in [5.41, 5.74) is 1.32. The van der Waals surface area contributed by atoms with Gasteiger partial charge < -0.3 is 13.7 Å². The van der Waals surface area contributed by atoms with Gasteiger partial charge in [-0.2, -0.15) is 13.7 Å². The summed E-state index contributed by atoms with van der Waals surface area (Å²) >= 11 is 4.21. The second kappa shape index (κ2) is 20.1. The van der Waals surface area contributed by atoms with Crippen LogP contribution in [0.25, 0.3) is 0 Å². The van der Waals surface area contributed by atoms with Gasteiger partial charge in [0.25, 0.3) is 11.8 Å². The predicted molar refractivity (Wildman–Crippen MR) is 249 cm³/mol. The summed E-state index contributed by atoms with van der Waals surface area (Å²) in [6.07, 6.45) is 3.69. The van der Waals surface area contributed by atoms with Crippen molar-refractivity contribution in [2.24, 2.45) is 5.92 Å². The Morgan fingerprint density at radius 3 is 1.73 bits per heavy atom. The number of nitrogens with zero attached hydrogens (tertiary/aromatic N) is 3. The van der Waals surface area contributed by atoms with E-state index in [2.05, 4.69) is 6.92 Å². The minimum atomic E-state index is -4.49. The van der Waals surface area contributed by atoms with Crippen molar-refractivity contribution in [2.45, 2.75) is 77.1 Å². The zero-order valence-electron chi connectivity index (χ0n) is 34.7. The molecule has 1 unspecified atom stereocenters. The Labute approximate surface area is 389 Å². The van der Waals surface area contributed by atoms with E-state index in [0.717, 1.165) is 83.9 Å². The van der Waals surface area contributed by atoms with Crippen molar-refractivity contribution in [2.75, 3.05) is 6.61 Å². The van der Waals surface area contributed by atoms with Gasteiger partial charge in [0.1, 0.15) is 22.3 Å². The number of unbranched alkanes of at least 4 members (excludes halogenated alkanes) is 1. The predicted octanol–water partition coefficient (Wildman–Crippen LogP) is 11.3. The number of esters is 1. The van der Waals surface area contributed by atoms with E-state index in [1.807, 2.05) is 79.7 Å². The molecule has 2 amide bonds. The summed E-state index contributed by atoms with van der Waals surface area (Å²) in [6.45, 7) is 4.54. The first-order valence-electron chi connectivity index (χ1n) is 20.5. The molecule has 64 heavy (non-hydrogen) atoms. The van der Waals surface area contributed by atoms with Gasteiger partial charge in [0.05, 0.1) is 47.8 Å². The van der Waals surface area contributed by atoms with Gasteiger partial charge in [-0.15, -0.1) is 0 Å². The Kier molecular flexibility index (Phi) is 14.1. The maximum atomic E-state index is 14.6. The van der Waals surface area contributed by atoms with Crippen LogP contribution in [0.15, 0.2) is 165 Å². The SMILES string of the molecule is CCCCC(CC)COC(=O)/C(C#N)=C1/Sc2c(Oc3ccccc3)c3c(c(OS(=O)(=O)c4ccccc4)c2S1)SC(=C1C(=O)N(Cc2ccccc2)N(Cc2ccccc2)C1=O)S3. The van der Waals surface area contributed by atoms with E-state index in [0.29, 0.717) is 19.8 Å². The molecule has 326 valence electrons. The fraction of sp³-hybridized carbons (Fsp3) is 0.208. The third-order valence-corrected chi connectivity index (χ3v) is 16.9. The third kappa shape index (κ3) is 9.59. The van der Waals surface area contributed by atoms with E-state index < -0.39 is 27.9 Å². The average molecular weight is 948 g/mol. The second-order valence-corrected chi connectivity index (χ2v) is 20.9. The first-order valence-corrected chi connectivity index (χ1v) is 25.2. The standard InChI is InChI=1S/C48H41N3O8S5/c1-3-5-18-31(4-2)30-57-46(54)36(27-49)47-60-40-38(58-34-23-14-8-15-24-34)41-43(39(42(40)61-47)59-64(55,56)35-25-16-9-17-26-35)63-48(62-41)37-44(52)50(28-32-19-10-6-11-20-32)51(45(37)53)29-33-21-12-7-13-22-33/h6-17,19-26,31H,3-5,18,28-30H2,1-2H3/b47-36-. The molecule has 0 radical (unpaired) electrons. The number of ether oxygens (including phenoxy) is 2. The monoisotopic (exact) mass is 947 g/mol. The molecular formula is C48H41N3O8S5. The maximum absolute atomic E-state index is 14.6. The van der Waals surface area contributed by atoms with Crippen LogP contribution in [0.5, 0.6) is 17.2 Å². The molecule has 0 aliphatic carbocycles. The Balaban J connectivity index is 1.26. The second-order valence-electron chi connectivity index (χ2n) is 14.8. The molecule has 0 N–H and O–H groups in total. The van der Waals surface area contributed by atoms with Gasteiger partial charge in [0.15, 0.2) is 17.1 Å². The highest BCUT2D eigenvalue weighted by molar-refractivity contribution is 8.26. The van der Waals surface area contributed by atoms with Gasteiger partial charge in [-0.1, -0.05) is 177 Å². The lowest BCUT2D eigenvalue weighted by Gasteiger charge is -2.27. The summed E-state index contributed by atoms with van der Waals surface area (Å²) in [5, 5.41) is 13.3. The van der Waals surface area contributed by atoms with E-state index >= 15 is 0 Å². The molecule has 11 nitrogen and oxygen atoms in total. The number of carbonyl (C=O) groups is 3. The van der Waals surface area contributed by atoms with Gasteiger partial charge in [-0.05, 0) is 47.7 Å². The number of rotatable bonds is 16. The van der Waals surface area contributed by atoms with Crippen LogP contribution in [0.2, 0.25) is 0 Å². The van der Waals surface area contributed by atoms with E-state index in [-0.39, 0.29) is 67.2 Å². The topological polar surface area (TPSA) is 143 Å². The lowest BCUT2D eigenvalue weighted by molar-refractivity contribution is -0.149. The molecule has 5 aromatic rings. The van der Waals surface area contributed by atoms with Crippen LogP contribution in [0.4, 0.5) is 0 Å². The Hall–Kier alpha value is -5.57. The number of hydrogen-bond acceptors (Lipinski definition) is 13. The van der Waals surface area contributed by atoms with Crippen LogP contribution in [-0.4, -0.2) is 42.8 Å². The van der Waals surface area contributed by atoms with Crippen molar-refractivity contribution >= 4 is 74.9 Å². The average Bonchev–Trinajstić information content (AvgIpc) is 4.01. The number of hydrazine groups is 1. The summed E-state index contributed by atoms with van der Waals surface area (Å²) in [5.74, 6) is -1.05. The van der Waals surface area contributed by atoms with Crippen molar-refractivity contribution in [3.05, 3.63) is 152 Å². The number of hydrogen-bond donors (Lipinski definition) is 0. The van der Waals surface area contributed by atoms with Crippen molar-refractivity contribution in [3.8, 4) is 23.3 Å². The van der Waals surface area contributed by atoms with Gasteiger partial charge in [0.2, 0.25) is 0 Å². The lowest BCUT2D eigenvalue weighted by Crippen LogP contribution is -2.39. The van der Waals surface area contributed by atoms with Gasteiger partial charge in [-0.25, -0.2) is 14.8 Å². The van der Waals surface area contributed by atoms with E-state index in [4.69, 9.17) is 13.7 Å². The molecule has 3 aliphatic rings. The van der Waals surface area contributed by atoms with E-state index in [1.54, 1.807) is 42.5 Å². The highest BCUT2D eigenvalue weighted by atomic mass is 32.2. The molecule has 5 aromatic carbocycles. The van der Waals surface area contributed by atoms with Crippen molar-refractivity contribution < 1.29 is 36.5 Å². The Morgan fingerprint density at radius 2 is 1.20 bits per heavy atom. The lowest BCUT2D eigenvalue weighted by atomic mass is 10.0. The summed E-state index contributed by atoms with van der Waals surface area (Å²) in [6, 6.07) is 37.4. The summed E-state index contributed by atoms with van der Waals surface area (Å²) in [4.78, 5) is 44.2. The number of para-hydroxylation sites is 1. The summed E-state index contributed by atoms with van der Waals surface area (Å²) < 4.78 is 47.3. The maximum Gasteiger partial charge on any atom is 0.350 e. The zero-order chi connectivity index (χ0) is 44.8. The number of nitriles is 1. The Morgan fingerprint density at radius 1 is 0.703 bits per heavy atom. The molecule has 1 fully saturated rings. The van der Waals surface area contributed by atoms with E-state index in [1.165, 1.54) is 22.2 Å². The molecule has 8 rings (SSSR count). The molecule has 3 aliphatic heterocycles. The van der Waals surface area contributed by atoms with Gasteiger partial charge >= 0.3 is 16.1 Å². The normalized spacial score (nSPS) is 15.8. The molecule has 0 spiro atoms. The summed E-state index contributed by atoms with van der Waals surface area (Å²) in [7, 11) is -4.49. The highest BCUT2D eigenvalue weighted by Crippen LogP contribution is 2.69. The van der Waals surface area contributed by atoms with Crippen molar-refractivity contribution in [1.82, 2.24) is 10.0 Å². The van der Waals surface area contributed by atoms with Gasteiger partial charge in [0, 0.05) is 0 Å². The van der Waals surface area contributed by atoms with Crippen molar-refractivity contribution in [3.63, 3.8) is 0 Å². The number of amides is 2. The molecule has 16 heteroatoms. The van der Waals surface area contributed by atoms with Crippen LogP contribution in [0.1, 0.15) is 50.7 Å². The Bertz CT molecular complexity index is 2740. The minimum absolute atomic E-state index is 0.0829. The van der Waals surface area contributed by atoms with Crippen molar-refractivity contribution in [1.29, 1.82) is 5.26 Å².